The number of fused-ring (bicyclic) bond motifs is 1. The fourth-order valence-electron chi connectivity index (χ4n) is 3.64. The van der Waals surface area contributed by atoms with Crippen molar-refractivity contribution in [2.24, 2.45) is 0 Å². The summed E-state index contributed by atoms with van der Waals surface area (Å²) in [5.41, 5.74) is 5.34. The second-order valence-electron chi connectivity index (χ2n) is 8.09. The van der Waals surface area contributed by atoms with Crippen LogP contribution in [0, 0.1) is 6.92 Å². The van der Waals surface area contributed by atoms with Gasteiger partial charge in [-0.3, -0.25) is 9.52 Å². The molecule has 0 aliphatic carbocycles. The van der Waals surface area contributed by atoms with Crippen LogP contribution in [0.5, 0.6) is 0 Å². The lowest BCUT2D eigenvalue weighted by molar-refractivity contribution is -0.121. The van der Waals surface area contributed by atoms with Crippen LogP contribution >= 0.6 is 0 Å². The predicted octanol–water partition coefficient (Wildman–Crippen LogP) is 4.66. The number of aryl methyl sites for hydroxylation is 1. The van der Waals surface area contributed by atoms with Crippen molar-refractivity contribution < 1.29 is 17.6 Å². The van der Waals surface area contributed by atoms with Crippen LogP contribution in [0.15, 0.2) is 47.1 Å². The summed E-state index contributed by atoms with van der Waals surface area (Å²) in [5, 5.41) is 3.94. The maximum absolute atomic E-state index is 12.7. The van der Waals surface area contributed by atoms with Gasteiger partial charge in [0, 0.05) is 16.6 Å². The summed E-state index contributed by atoms with van der Waals surface area (Å²) < 4.78 is 31.0. The minimum Gasteiger partial charge on any atom is -0.464 e. The zero-order chi connectivity index (χ0) is 22.1. The van der Waals surface area contributed by atoms with E-state index in [9.17, 15) is 13.2 Å². The molecular formula is C23H28N2O4S. The van der Waals surface area contributed by atoms with Gasteiger partial charge in [0.15, 0.2) is 0 Å². The lowest BCUT2D eigenvalue weighted by atomic mass is 9.95. The fourth-order valence-corrected chi connectivity index (χ4v) is 4.19. The number of carbonyl (C=O) groups is 1. The SMILES string of the molecule is Cc1cc2occ(CC(=O)NC(C)c3cccc(NS(C)(=O)=O)c3)c2cc1C(C)C. The van der Waals surface area contributed by atoms with Crippen molar-refractivity contribution >= 4 is 32.6 Å². The molecule has 0 bridgehead atoms. The summed E-state index contributed by atoms with van der Waals surface area (Å²) in [6, 6.07) is 10.9. The normalized spacial score (nSPS) is 12.9. The summed E-state index contributed by atoms with van der Waals surface area (Å²) >= 11 is 0. The van der Waals surface area contributed by atoms with Gasteiger partial charge in [-0.25, -0.2) is 8.42 Å². The van der Waals surface area contributed by atoms with E-state index in [0.29, 0.717) is 11.6 Å². The highest BCUT2D eigenvalue weighted by atomic mass is 32.2. The van der Waals surface area contributed by atoms with Crippen molar-refractivity contribution in [3.05, 3.63) is 64.9 Å². The Hall–Kier alpha value is -2.80. The molecule has 3 rings (SSSR count). The van der Waals surface area contributed by atoms with Crippen molar-refractivity contribution in [2.45, 2.75) is 46.1 Å². The van der Waals surface area contributed by atoms with Gasteiger partial charge in [0.25, 0.3) is 0 Å². The van der Waals surface area contributed by atoms with Crippen LogP contribution in [0.4, 0.5) is 5.69 Å². The smallest absolute Gasteiger partial charge is 0.229 e. The lowest BCUT2D eigenvalue weighted by Crippen LogP contribution is -2.28. The lowest BCUT2D eigenvalue weighted by Gasteiger charge is -2.16. The number of amides is 1. The van der Waals surface area contributed by atoms with Crippen molar-refractivity contribution in [1.29, 1.82) is 0 Å². The number of anilines is 1. The van der Waals surface area contributed by atoms with Crippen LogP contribution in [-0.4, -0.2) is 20.6 Å². The van der Waals surface area contributed by atoms with Crippen LogP contribution in [0.25, 0.3) is 11.0 Å². The molecule has 0 saturated heterocycles. The molecule has 2 N–H and O–H groups in total. The Balaban J connectivity index is 1.74. The molecule has 0 spiro atoms. The summed E-state index contributed by atoms with van der Waals surface area (Å²) in [7, 11) is -3.36. The third-order valence-electron chi connectivity index (χ3n) is 5.08. The Kier molecular flexibility index (Phi) is 6.22. The van der Waals surface area contributed by atoms with Crippen molar-refractivity contribution in [2.75, 3.05) is 11.0 Å². The van der Waals surface area contributed by atoms with Crippen LogP contribution < -0.4 is 10.0 Å². The Labute approximate surface area is 177 Å². The second-order valence-corrected chi connectivity index (χ2v) is 9.83. The third kappa shape index (κ3) is 5.21. The van der Waals surface area contributed by atoms with Crippen LogP contribution in [0.2, 0.25) is 0 Å². The van der Waals surface area contributed by atoms with Crippen molar-refractivity contribution in [1.82, 2.24) is 5.32 Å². The number of nitrogens with one attached hydrogen (secondary N) is 2. The highest BCUT2D eigenvalue weighted by Gasteiger charge is 2.16. The Bertz CT molecular complexity index is 1180. The van der Waals surface area contributed by atoms with Crippen molar-refractivity contribution in [3.63, 3.8) is 0 Å². The Morgan fingerprint density at radius 2 is 1.87 bits per heavy atom. The number of benzene rings is 2. The number of hydrogen-bond donors (Lipinski definition) is 2. The maximum atomic E-state index is 12.7. The second kappa shape index (κ2) is 8.52. The van der Waals surface area contributed by atoms with E-state index >= 15 is 0 Å². The van der Waals surface area contributed by atoms with Crippen LogP contribution in [0.3, 0.4) is 0 Å². The molecule has 2 aromatic carbocycles. The quantitative estimate of drug-likeness (QED) is 0.573. The van der Waals surface area contributed by atoms with E-state index in [0.717, 1.165) is 28.4 Å². The summed E-state index contributed by atoms with van der Waals surface area (Å²) in [5.74, 6) is 0.261. The molecule has 1 heterocycles. The maximum Gasteiger partial charge on any atom is 0.229 e. The fraction of sp³-hybridized carbons (Fsp3) is 0.348. The molecule has 7 heteroatoms. The van der Waals surface area contributed by atoms with E-state index < -0.39 is 10.0 Å². The third-order valence-corrected chi connectivity index (χ3v) is 5.69. The standard InChI is InChI=1S/C23H28N2O4S/c1-14(2)20-12-21-18(13-29-22(21)9-15(20)3)11-23(26)24-16(4)17-7-6-8-19(10-17)25-30(5,27)28/h6-10,12-14,16,25H,11H2,1-5H3,(H,24,26). The monoisotopic (exact) mass is 428 g/mol. The molecule has 1 atom stereocenters. The van der Waals surface area contributed by atoms with Gasteiger partial charge in [-0.15, -0.1) is 0 Å². The highest BCUT2D eigenvalue weighted by molar-refractivity contribution is 7.92. The average molecular weight is 429 g/mol. The van der Waals surface area contributed by atoms with Crippen LogP contribution in [0.1, 0.15) is 55.0 Å². The van der Waals surface area contributed by atoms with E-state index in [-0.39, 0.29) is 18.4 Å². The van der Waals surface area contributed by atoms with Crippen LogP contribution in [-0.2, 0) is 21.2 Å². The molecule has 0 aliphatic rings. The zero-order valence-corrected chi connectivity index (χ0v) is 18.8. The first kappa shape index (κ1) is 21.9. The molecule has 30 heavy (non-hydrogen) atoms. The molecule has 6 nitrogen and oxygen atoms in total. The first-order valence-electron chi connectivity index (χ1n) is 9.91. The predicted molar refractivity (Wildman–Crippen MR) is 120 cm³/mol. The Morgan fingerprint density at radius 1 is 1.13 bits per heavy atom. The molecule has 0 radical (unpaired) electrons. The molecule has 0 saturated carbocycles. The molecule has 0 fully saturated rings. The largest absolute Gasteiger partial charge is 0.464 e. The number of furan rings is 1. The number of sulfonamides is 1. The van der Waals surface area contributed by atoms with E-state index in [2.05, 4.69) is 36.9 Å². The van der Waals surface area contributed by atoms with Gasteiger partial charge in [0.1, 0.15) is 5.58 Å². The van der Waals surface area contributed by atoms with Gasteiger partial charge in [0.05, 0.1) is 25.0 Å². The van der Waals surface area contributed by atoms with E-state index in [1.165, 1.54) is 11.1 Å². The first-order chi connectivity index (χ1) is 14.0. The van der Waals surface area contributed by atoms with Gasteiger partial charge >= 0.3 is 0 Å². The minimum atomic E-state index is -3.36. The van der Waals surface area contributed by atoms with Gasteiger partial charge in [0.2, 0.25) is 15.9 Å². The molecule has 1 unspecified atom stereocenters. The van der Waals surface area contributed by atoms with E-state index in [1.54, 1.807) is 24.5 Å². The molecule has 0 aliphatic heterocycles. The van der Waals surface area contributed by atoms with Gasteiger partial charge < -0.3 is 9.73 Å². The first-order valence-corrected chi connectivity index (χ1v) is 11.8. The molecule has 1 amide bonds. The molecule has 160 valence electrons. The van der Waals surface area contributed by atoms with E-state index in [1.807, 2.05) is 19.1 Å². The number of carbonyl (C=O) groups excluding carboxylic acids is 1. The highest BCUT2D eigenvalue weighted by Crippen LogP contribution is 2.29. The van der Waals surface area contributed by atoms with Gasteiger partial charge in [-0.1, -0.05) is 26.0 Å². The van der Waals surface area contributed by atoms with Crippen molar-refractivity contribution in [3.8, 4) is 0 Å². The summed E-state index contributed by atoms with van der Waals surface area (Å²) in [4.78, 5) is 12.7. The van der Waals surface area contributed by atoms with Gasteiger partial charge in [-0.05, 0) is 60.7 Å². The molecular weight excluding hydrogens is 400 g/mol. The topological polar surface area (TPSA) is 88.4 Å². The number of hydrogen-bond acceptors (Lipinski definition) is 4. The summed E-state index contributed by atoms with van der Waals surface area (Å²) in [6.45, 7) is 8.23. The number of rotatable bonds is 7. The Morgan fingerprint density at radius 3 is 2.53 bits per heavy atom. The zero-order valence-electron chi connectivity index (χ0n) is 17.9. The molecule has 3 aromatic rings. The van der Waals surface area contributed by atoms with Gasteiger partial charge in [-0.2, -0.15) is 0 Å². The molecule has 1 aromatic heterocycles. The summed E-state index contributed by atoms with van der Waals surface area (Å²) in [6.07, 6.45) is 2.96. The average Bonchev–Trinajstić information content (AvgIpc) is 3.01. The minimum absolute atomic E-state index is 0.127. The van der Waals surface area contributed by atoms with E-state index in [4.69, 9.17) is 4.42 Å².